The van der Waals surface area contributed by atoms with Gasteiger partial charge in [-0.05, 0) is 18.6 Å². The van der Waals surface area contributed by atoms with Gasteiger partial charge >= 0.3 is 5.97 Å². The summed E-state index contributed by atoms with van der Waals surface area (Å²) in [5, 5.41) is 0.273. The predicted octanol–water partition coefficient (Wildman–Crippen LogP) is 0.837. The lowest BCUT2D eigenvalue weighted by Gasteiger charge is -2.35. The van der Waals surface area contributed by atoms with E-state index in [4.69, 9.17) is 11.6 Å². The highest BCUT2D eigenvalue weighted by atomic mass is 35.5. The van der Waals surface area contributed by atoms with Crippen LogP contribution in [0.5, 0.6) is 0 Å². The van der Waals surface area contributed by atoms with E-state index in [1.807, 2.05) is 0 Å². The summed E-state index contributed by atoms with van der Waals surface area (Å²) in [5.41, 5.74) is 0.591. The summed E-state index contributed by atoms with van der Waals surface area (Å²) in [4.78, 5) is 15.1. The number of pyridine rings is 1. The van der Waals surface area contributed by atoms with E-state index in [2.05, 4.69) is 9.72 Å². The number of halogens is 1. The van der Waals surface area contributed by atoms with Crippen LogP contribution in [0.2, 0.25) is 5.15 Å². The number of aryl methyl sites for hydroxylation is 1. The van der Waals surface area contributed by atoms with Crippen molar-refractivity contribution in [3.05, 3.63) is 23.0 Å². The van der Waals surface area contributed by atoms with Crippen LogP contribution in [0, 0.1) is 12.8 Å². The van der Waals surface area contributed by atoms with E-state index < -0.39 is 16.0 Å². The van der Waals surface area contributed by atoms with Crippen LogP contribution >= 0.6 is 11.6 Å². The molecular formula is C11H13ClN2O4S. The highest BCUT2D eigenvalue weighted by Crippen LogP contribution is 2.26. The molecule has 1 saturated heterocycles. The van der Waals surface area contributed by atoms with Gasteiger partial charge in [0.05, 0.1) is 13.0 Å². The number of carbonyl (C=O) groups is 1. The predicted molar refractivity (Wildman–Crippen MR) is 68.2 cm³/mol. The number of rotatable bonds is 3. The zero-order valence-corrected chi connectivity index (χ0v) is 12.0. The van der Waals surface area contributed by atoms with E-state index in [1.54, 1.807) is 6.92 Å². The van der Waals surface area contributed by atoms with Gasteiger partial charge in [-0.2, -0.15) is 4.31 Å². The van der Waals surface area contributed by atoms with Gasteiger partial charge in [-0.3, -0.25) is 4.79 Å². The Bertz CT molecular complexity index is 611. The second kappa shape index (κ2) is 5.07. The third kappa shape index (κ3) is 2.58. The molecule has 2 rings (SSSR count). The molecule has 0 bridgehead atoms. The number of aromatic nitrogens is 1. The van der Waals surface area contributed by atoms with Crippen LogP contribution in [-0.2, 0) is 19.6 Å². The maximum Gasteiger partial charge on any atom is 0.311 e. The Kier molecular flexibility index (Phi) is 3.80. The van der Waals surface area contributed by atoms with Crippen molar-refractivity contribution in [1.29, 1.82) is 0 Å². The molecule has 1 aliphatic heterocycles. The number of nitrogens with zero attached hydrogens (tertiary/aromatic N) is 2. The lowest BCUT2D eigenvalue weighted by atomic mass is 10.0. The van der Waals surface area contributed by atoms with Crippen molar-refractivity contribution >= 4 is 27.6 Å². The van der Waals surface area contributed by atoms with Crippen molar-refractivity contribution in [3.63, 3.8) is 0 Å². The topological polar surface area (TPSA) is 76.6 Å². The molecule has 0 radical (unpaired) electrons. The average Bonchev–Trinajstić information content (AvgIpc) is 2.30. The summed E-state index contributed by atoms with van der Waals surface area (Å²) in [6, 6.07) is 1.47. The van der Waals surface area contributed by atoms with Crippen LogP contribution < -0.4 is 0 Å². The second-order valence-corrected chi connectivity index (χ2v) is 6.62. The van der Waals surface area contributed by atoms with Gasteiger partial charge in [0.25, 0.3) is 0 Å². The minimum absolute atomic E-state index is 0.0812. The quantitative estimate of drug-likeness (QED) is 0.611. The summed E-state index contributed by atoms with van der Waals surface area (Å²) in [6.45, 7) is 1.95. The maximum absolute atomic E-state index is 12.2. The molecule has 0 aromatic carbocycles. The SMILES string of the molecule is COC(=O)C1CN(S(=O)(=O)c2cnc(Cl)c(C)c2)C1. The van der Waals surface area contributed by atoms with E-state index in [0.717, 1.165) is 0 Å². The number of sulfonamides is 1. The van der Waals surface area contributed by atoms with Crippen LogP contribution in [0.3, 0.4) is 0 Å². The number of esters is 1. The van der Waals surface area contributed by atoms with Crippen LogP contribution in [-0.4, -0.2) is 43.9 Å². The molecule has 8 heteroatoms. The van der Waals surface area contributed by atoms with Gasteiger partial charge in [-0.1, -0.05) is 11.6 Å². The van der Waals surface area contributed by atoms with Gasteiger partial charge in [-0.15, -0.1) is 0 Å². The van der Waals surface area contributed by atoms with Crippen molar-refractivity contribution in [2.24, 2.45) is 5.92 Å². The first-order valence-electron chi connectivity index (χ1n) is 5.56. The van der Waals surface area contributed by atoms with E-state index >= 15 is 0 Å². The van der Waals surface area contributed by atoms with Gasteiger partial charge in [0.2, 0.25) is 10.0 Å². The minimum atomic E-state index is -3.61. The molecule has 104 valence electrons. The van der Waals surface area contributed by atoms with Crippen LogP contribution in [0.15, 0.2) is 17.2 Å². The first kappa shape index (κ1) is 14.2. The van der Waals surface area contributed by atoms with E-state index in [1.165, 1.54) is 23.7 Å². The zero-order chi connectivity index (χ0) is 14.2. The summed E-state index contributed by atoms with van der Waals surface area (Å²) >= 11 is 5.76. The second-order valence-electron chi connectivity index (χ2n) is 4.32. The van der Waals surface area contributed by atoms with Crippen LogP contribution in [0.4, 0.5) is 0 Å². The Labute approximate surface area is 116 Å². The fourth-order valence-electron chi connectivity index (χ4n) is 1.77. The largest absolute Gasteiger partial charge is 0.469 e. The van der Waals surface area contributed by atoms with Gasteiger partial charge in [-0.25, -0.2) is 13.4 Å². The van der Waals surface area contributed by atoms with Crippen molar-refractivity contribution in [2.45, 2.75) is 11.8 Å². The lowest BCUT2D eigenvalue weighted by Crippen LogP contribution is -2.53. The third-order valence-electron chi connectivity index (χ3n) is 3.01. The number of hydrogen-bond donors (Lipinski definition) is 0. The average molecular weight is 305 g/mol. The standard InChI is InChI=1S/C11H13ClN2O4S/c1-7-3-9(4-13-10(7)12)19(16,17)14-5-8(6-14)11(15)18-2/h3-4,8H,5-6H2,1-2H3. The molecule has 0 atom stereocenters. The molecule has 0 amide bonds. The molecule has 1 aromatic rings. The van der Waals surface area contributed by atoms with E-state index in [9.17, 15) is 13.2 Å². The number of ether oxygens (including phenoxy) is 1. The molecule has 0 spiro atoms. The fraction of sp³-hybridized carbons (Fsp3) is 0.455. The number of methoxy groups -OCH3 is 1. The first-order chi connectivity index (χ1) is 8.86. The molecular weight excluding hydrogens is 292 g/mol. The highest BCUT2D eigenvalue weighted by Gasteiger charge is 2.41. The summed E-state index contributed by atoms with van der Waals surface area (Å²) in [5.74, 6) is -0.780. The van der Waals surface area contributed by atoms with Crippen LogP contribution in [0.25, 0.3) is 0 Å². The maximum atomic E-state index is 12.2. The summed E-state index contributed by atoms with van der Waals surface area (Å²) in [7, 11) is -2.33. The fourth-order valence-corrected chi connectivity index (χ4v) is 3.44. The van der Waals surface area contributed by atoms with Crippen molar-refractivity contribution in [1.82, 2.24) is 9.29 Å². The van der Waals surface area contributed by atoms with Gasteiger partial charge in [0.1, 0.15) is 10.0 Å². The molecule has 1 aromatic heterocycles. The molecule has 0 aliphatic carbocycles. The van der Waals surface area contributed by atoms with Crippen molar-refractivity contribution in [2.75, 3.05) is 20.2 Å². The Morgan fingerprint density at radius 3 is 2.68 bits per heavy atom. The summed E-state index contributed by atoms with van der Waals surface area (Å²) in [6.07, 6.45) is 1.22. The van der Waals surface area contributed by atoms with Gasteiger partial charge in [0.15, 0.2) is 0 Å². The van der Waals surface area contributed by atoms with Crippen LogP contribution in [0.1, 0.15) is 5.56 Å². The molecule has 6 nitrogen and oxygen atoms in total. The van der Waals surface area contributed by atoms with E-state index in [-0.39, 0.29) is 29.1 Å². The smallest absolute Gasteiger partial charge is 0.311 e. The van der Waals surface area contributed by atoms with Gasteiger partial charge in [0, 0.05) is 19.3 Å². The Morgan fingerprint density at radius 1 is 1.53 bits per heavy atom. The normalized spacial score (nSPS) is 17.0. The number of carbonyl (C=O) groups excluding carboxylic acids is 1. The molecule has 0 N–H and O–H groups in total. The molecule has 1 aliphatic rings. The lowest BCUT2D eigenvalue weighted by molar-refractivity contribution is -0.149. The highest BCUT2D eigenvalue weighted by molar-refractivity contribution is 7.89. The van der Waals surface area contributed by atoms with Gasteiger partial charge < -0.3 is 4.74 Å². The number of hydrogen-bond acceptors (Lipinski definition) is 5. The molecule has 1 fully saturated rings. The Hall–Kier alpha value is -1.18. The zero-order valence-electron chi connectivity index (χ0n) is 10.5. The first-order valence-corrected chi connectivity index (χ1v) is 7.38. The van der Waals surface area contributed by atoms with Crippen molar-refractivity contribution in [3.8, 4) is 0 Å². The summed E-state index contributed by atoms with van der Waals surface area (Å²) < 4.78 is 30.2. The third-order valence-corrected chi connectivity index (χ3v) is 5.20. The molecule has 19 heavy (non-hydrogen) atoms. The Morgan fingerprint density at radius 2 is 2.16 bits per heavy atom. The molecule has 0 saturated carbocycles. The van der Waals surface area contributed by atoms with E-state index in [0.29, 0.717) is 5.56 Å². The minimum Gasteiger partial charge on any atom is -0.469 e. The Balaban J connectivity index is 2.16. The van der Waals surface area contributed by atoms with Crippen molar-refractivity contribution < 1.29 is 17.9 Å². The molecule has 0 unspecified atom stereocenters. The monoisotopic (exact) mass is 304 g/mol. The molecule has 2 heterocycles.